The highest BCUT2D eigenvalue weighted by Gasteiger charge is 2.47. The van der Waals surface area contributed by atoms with Crippen LogP contribution in [-0.2, 0) is 16.2 Å². The Morgan fingerprint density at radius 2 is 1.75 bits per heavy atom. The van der Waals surface area contributed by atoms with Crippen molar-refractivity contribution in [1.29, 1.82) is 0 Å². The van der Waals surface area contributed by atoms with Crippen molar-refractivity contribution in [1.82, 2.24) is 9.96 Å². The van der Waals surface area contributed by atoms with Gasteiger partial charge in [0.15, 0.2) is 0 Å². The smallest absolute Gasteiger partial charge is 0.321 e. The molecule has 0 atom stereocenters. The number of para-hydroxylation sites is 1. The fraction of sp³-hybridized carbons (Fsp3) is 0.364. The lowest BCUT2D eigenvalue weighted by molar-refractivity contribution is -0.212. The lowest BCUT2D eigenvalue weighted by Gasteiger charge is -2.37. The van der Waals surface area contributed by atoms with E-state index in [4.69, 9.17) is 4.84 Å². The third-order valence-electron chi connectivity index (χ3n) is 5.57. The number of carbonyl (C=O) groups is 2. The van der Waals surface area contributed by atoms with E-state index in [2.05, 4.69) is 5.32 Å². The number of amides is 3. The Kier molecular flexibility index (Phi) is 5.05. The summed E-state index contributed by atoms with van der Waals surface area (Å²) in [6, 6.07) is 17.5. The molecule has 2 aliphatic heterocycles. The van der Waals surface area contributed by atoms with Gasteiger partial charge in [-0.05, 0) is 37.0 Å². The Labute approximate surface area is 165 Å². The second-order valence-corrected chi connectivity index (χ2v) is 7.60. The average molecular weight is 379 g/mol. The normalized spacial score (nSPS) is 18.5. The summed E-state index contributed by atoms with van der Waals surface area (Å²) in [5.74, 6) is 0.0154. The van der Waals surface area contributed by atoms with Gasteiger partial charge in [0.2, 0.25) is 5.91 Å². The maximum atomic E-state index is 12.6. The minimum absolute atomic E-state index is 0.0154. The van der Waals surface area contributed by atoms with Crippen LogP contribution in [0.1, 0.15) is 30.4 Å². The first-order valence-electron chi connectivity index (χ1n) is 9.70. The van der Waals surface area contributed by atoms with Crippen molar-refractivity contribution in [3.05, 3.63) is 65.7 Å². The molecule has 2 saturated heterocycles. The molecule has 2 heterocycles. The van der Waals surface area contributed by atoms with E-state index in [1.165, 1.54) is 5.06 Å². The second-order valence-electron chi connectivity index (χ2n) is 7.60. The number of hydroxylamine groups is 2. The maximum Gasteiger partial charge on any atom is 0.321 e. The van der Waals surface area contributed by atoms with Gasteiger partial charge in [-0.3, -0.25) is 9.63 Å². The molecule has 6 nitrogen and oxygen atoms in total. The molecule has 0 saturated carbocycles. The molecule has 2 aromatic carbocycles. The summed E-state index contributed by atoms with van der Waals surface area (Å²) in [7, 11) is 0. The van der Waals surface area contributed by atoms with Crippen LogP contribution in [0, 0.1) is 6.92 Å². The van der Waals surface area contributed by atoms with Crippen molar-refractivity contribution in [3.8, 4) is 0 Å². The van der Waals surface area contributed by atoms with Crippen LogP contribution in [0.25, 0.3) is 0 Å². The van der Waals surface area contributed by atoms with Crippen LogP contribution in [0.3, 0.4) is 0 Å². The van der Waals surface area contributed by atoms with Gasteiger partial charge < -0.3 is 10.2 Å². The van der Waals surface area contributed by atoms with Crippen LogP contribution in [0.15, 0.2) is 54.6 Å². The summed E-state index contributed by atoms with van der Waals surface area (Å²) >= 11 is 0. The van der Waals surface area contributed by atoms with E-state index in [9.17, 15) is 9.59 Å². The van der Waals surface area contributed by atoms with Crippen molar-refractivity contribution >= 4 is 17.6 Å². The molecule has 2 fully saturated rings. The molecular weight excluding hydrogens is 354 g/mol. The third-order valence-corrected chi connectivity index (χ3v) is 5.57. The quantitative estimate of drug-likeness (QED) is 0.884. The molecule has 2 aromatic rings. The fourth-order valence-electron chi connectivity index (χ4n) is 3.84. The molecule has 0 bridgehead atoms. The van der Waals surface area contributed by atoms with Gasteiger partial charge >= 0.3 is 6.03 Å². The molecule has 4 rings (SSSR count). The molecule has 1 N–H and O–H groups in total. The Balaban J connectivity index is 1.34. The zero-order chi connectivity index (χ0) is 19.6. The lowest BCUT2D eigenvalue weighted by Crippen LogP contribution is -2.48. The summed E-state index contributed by atoms with van der Waals surface area (Å²) in [5, 5.41) is 4.46. The number of carbonyl (C=O) groups excluding carboxylic acids is 2. The van der Waals surface area contributed by atoms with E-state index in [0.717, 1.165) is 16.8 Å². The molecule has 0 aromatic heterocycles. The van der Waals surface area contributed by atoms with E-state index in [1.807, 2.05) is 61.5 Å². The number of aryl methyl sites for hydroxylation is 1. The first-order chi connectivity index (χ1) is 13.5. The van der Waals surface area contributed by atoms with Crippen LogP contribution < -0.4 is 5.32 Å². The summed E-state index contributed by atoms with van der Waals surface area (Å²) in [6.07, 6.45) is 1.70. The van der Waals surface area contributed by atoms with Gasteiger partial charge in [0.05, 0.1) is 13.0 Å². The number of piperidine rings is 1. The number of hydrogen-bond donors (Lipinski definition) is 1. The van der Waals surface area contributed by atoms with Gasteiger partial charge in [-0.15, -0.1) is 0 Å². The monoisotopic (exact) mass is 379 g/mol. The van der Waals surface area contributed by atoms with Crippen LogP contribution in [0.5, 0.6) is 0 Å². The van der Waals surface area contributed by atoms with E-state index >= 15 is 0 Å². The fourth-order valence-corrected chi connectivity index (χ4v) is 3.84. The van der Waals surface area contributed by atoms with Crippen LogP contribution >= 0.6 is 0 Å². The highest BCUT2D eigenvalue weighted by molar-refractivity contribution is 5.90. The van der Waals surface area contributed by atoms with Gasteiger partial charge in [0.1, 0.15) is 5.60 Å². The first kappa shape index (κ1) is 18.5. The average Bonchev–Trinajstić information content (AvgIpc) is 2.99. The van der Waals surface area contributed by atoms with E-state index in [1.54, 1.807) is 4.90 Å². The van der Waals surface area contributed by atoms with E-state index in [-0.39, 0.29) is 11.9 Å². The number of hydrogen-bond acceptors (Lipinski definition) is 3. The third kappa shape index (κ3) is 3.87. The SMILES string of the molecule is Cc1ccccc1NC(=O)N1CCC2(CC1)CC(=O)N(Cc1ccccc1)O2. The van der Waals surface area contributed by atoms with Gasteiger partial charge in [0, 0.05) is 18.8 Å². The second kappa shape index (κ2) is 7.64. The molecule has 0 unspecified atom stereocenters. The van der Waals surface area contributed by atoms with E-state index < -0.39 is 5.60 Å². The topological polar surface area (TPSA) is 61.9 Å². The molecule has 28 heavy (non-hydrogen) atoms. The molecule has 3 amide bonds. The number of urea groups is 1. The largest absolute Gasteiger partial charge is 0.324 e. The van der Waals surface area contributed by atoms with Gasteiger partial charge in [-0.25, -0.2) is 9.86 Å². The van der Waals surface area contributed by atoms with Gasteiger partial charge in [-0.2, -0.15) is 0 Å². The zero-order valence-electron chi connectivity index (χ0n) is 16.1. The van der Waals surface area contributed by atoms with Gasteiger partial charge in [0.25, 0.3) is 0 Å². The Hall–Kier alpha value is -2.86. The van der Waals surface area contributed by atoms with Crippen molar-refractivity contribution in [2.45, 2.75) is 38.3 Å². The first-order valence-corrected chi connectivity index (χ1v) is 9.70. The summed E-state index contributed by atoms with van der Waals surface area (Å²) in [5.41, 5.74) is 2.42. The molecule has 2 aliphatic rings. The number of nitrogens with zero attached hydrogens (tertiary/aromatic N) is 2. The lowest BCUT2D eigenvalue weighted by atomic mass is 9.89. The number of likely N-dealkylation sites (tertiary alicyclic amines) is 1. The Morgan fingerprint density at radius 1 is 1.07 bits per heavy atom. The molecular formula is C22H25N3O3. The van der Waals surface area contributed by atoms with Crippen LogP contribution in [0.2, 0.25) is 0 Å². The summed E-state index contributed by atoms with van der Waals surface area (Å²) < 4.78 is 0. The predicted octanol–water partition coefficient (Wildman–Crippen LogP) is 3.73. The number of nitrogens with one attached hydrogen (secondary N) is 1. The number of anilines is 1. The number of benzene rings is 2. The molecule has 146 valence electrons. The summed E-state index contributed by atoms with van der Waals surface area (Å²) in [4.78, 5) is 32.9. The summed E-state index contributed by atoms with van der Waals surface area (Å²) in [6.45, 7) is 3.58. The standard InChI is InChI=1S/C22H25N3O3/c1-17-7-5-6-10-19(17)23-21(27)24-13-11-22(12-14-24)15-20(26)25(28-22)16-18-8-3-2-4-9-18/h2-10H,11-16H2,1H3,(H,23,27). The van der Waals surface area contributed by atoms with Crippen molar-refractivity contribution in [3.63, 3.8) is 0 Å². The Morgan fingerprint density at radius 3 is 2.46 bits per heavy atom. The Bertz CT molecular complexity index is 860. The predicted molar refractivity (Wildman–Crippen MR) is 106 cm³/mol. The number of rotatable bonds is 3. The molecule has 6 heteroatoms. The van der Waals surface area contributed by atoms with Crippen molar-refractivity contribution in [2.24, 2.45) is 0 Å². The van der Waals surface area contributed by atoms with Crippen LogP contribution in [-0.4, -0.2) is 40.6 Å². The van der Waals surface area contributed by atoms with Crippen molar-refractivity contribution < 1.29 is 14.4 Å². The minimum atomic E-state index is -0.481. The molecule has 0 aliphatic carbocycles. The minimum Gasteiger partial charge on any atom is -0.324 e. The highest BCUT2D eigenvalue weighted by atomic mass is 16.7. The van der Waals surface area contributed by atoms with Crippen molar-refractivity contribution in [2.75, 3.05) is 18.4 Å². The zero-order valence-corrected chi connectivity index (χ0v) is 16.1. The maximum absolute atomic E-state index is 12.6. The van der Waals surface area contributed by atoms with E-state index in [0.29, 0.717) is 38.9 Å². The molecule has 1 spiro atoms. The van der Waals surface area contributed by atoms with Gasteiger partial charge in [-0.1, -0.05) is 48.5 Å². The highest BCUT2D eigenvalue weighted by Crippen LogP contribution is 2.37. The van der Waals surface area contributed by atoms with Crippen LogP contribution in [0.4, 0.5) is 10.5 Å². The molecule has 0 radical (unpaired) electrons.